The van der Waals surface area contributed by atoms with Crippen molar-refractivity contribution in [2.75, 3.05) is 20.3 Å². The van der Waals surface area contributed by atoms with Gasteiger partial charge in [0.05, 0.1) is 20.3 Å². The van der Waals surface area contributed by atoms with E-state index in [4.69, 9.17) is 4.74 Å². The van der Waals surface area contributed by atoms with Gasteiger partial charge in [-0.1, -0.05) is 12.1 Å². The molecular formula is C13H19NO3. The molecule has 0 spiro atoms. The third-order valence-corrected chi connectivity index (χ3v) is 2.37. The van der Waals surface area contributed by atoms with E-state index in [1.165, 1.54) is 7.11 Å². The van der Waals surface area contributed by atoms with Crippen molar-refractivity contribution >= 4 is 5.97 Å². The van der Waals surface area contributed by atoms with Crippen LogP contribution in [0.25, 0.3) is 0 Å². The molecule has 0 aliphatic carbocycles. The van der Waals surface area contributed by atoms with Gasteiger partial charge in [-0.3, -0.25) is 4.79 Å². The minimum Gasteiger partial charge on any atom is -0.494 e. The molecule has 0 radical (unpaired) electrons. The van der Waals surface area contributed by atoms with Crippen molar-refractivity contribution in [3.63, 3.8) is 0 Å². The van der Waals surface area contributed by atoms with Crippen molar-refractivity contribution in [3.8, 4) is 5.75 Å². The highest BCUT2D eigenvalue weighted by molar-refractivity contribution is 5.71. The lowest BCUT2D eigenvalue weighted by Crippen LogP contribution is -2.23. The second kappa shape index (κ2) is 6.91. The number of hydrogen-bond donors (Lipinski definition) is 1. The number of benzene rings is 1. The molecule has 0 fully saturated rings. The molecule has 0 bridgehead atoms. The van der Waals surface area contributed by atoms with Gasteiger partial charge in [-0.15, -0.1) is 0 Å². The van der Waals surface area contributed by atoms with Crippen molar-refractivity contribution in [2.45, 2.75) is 20.4 Å². The van der Waals surface area contributed by atoms with Crippen LogP contribution in [-0.4, -0.2) is 26.2 Å². The zero-order valence-corrected chi connectivity index (χ0v) is 10.6. The highest BCUT2D eigenvalue weighted by Gasteiger charge is 2.02. The number of aryl methyl sites for hydroxylation is 1. The number of rotatable bonds is 6. The van der Waals surface area contributed by atoms with Crippen molar-refractivity contribution in [1.82, 2.24) is 5.32 Å². The molecule has 1 aromatic rings. The molecule has 1 rings (SSSR count). The van der Waals surface area contributed by atoms with Crippen LogP contribution >= 0.6 is 0 Å². The van der Waals surface area contributed by atoms with Gasteiger partial charge < -0.3 is 14.8 Å². The Bertz CT molecular complexity index is 377. The highest BCUT2D eigenvalue weighted by Crippen LogP contribution is 2.18. The summed E-state index contributed by atoms with van der Waals surface area (Å²) >= 11 is 0. The SMILES string of the molecule is CCOc1ccc(CNCC(=O)OC)cc1C. The molecule has 0 aliphatic rings. The summed E-state index contributed by atoms with van der Waals surface area (Å²) < 4.78 is 10.00. The fourth-order valence-electron chi connectivity index (χ4n) is 1.52. The Hall–Kier alpha value is -1.55. The van der Waals surface area contributed by atoms with Gasteiger partial charge in [-0.2, -0.15) is 0 Å². The average molecular weight is 237 g/mol. The molecule has 1 N–H and O–H groups in total. The highest BCUT2D eigenvalue weighted by atomic mass is 16.5. The van der Waals surface area contributed by atoms with Crippen LogP contribution in [0.3, 0.4) is 0 Å². The minimum absolute atomic E-state index is 0.225. The van der Waals surface area contributed by atoms with Crippen LogP contribution in [0.1, 0.15) is 18.1 Å². The average Bonchev–Trinajstić information content (AvgIpc) is 2.32. The molecule has 17 heavy (non-hydrogen) atoms. The first-order valence-electron chi connectivity index (χ1n) is 5.67. The van der Waals surface area contributed by atoms with Crippen LogP contribution in [0.5, 0.6) is 5.75 Å². The largest absolute Gasteiger partial charge is 0.494 e. The third kappa shape index (κ3) is 4.44. The zero-order chi connectivity index (χ0) is 12.7. The number of esters is 1. The molecule has 0 heterocycles. The number of nitrogens with one attached hydrogen (secondary N) is 1. The number of carbonyl (C=O) groups excluding carboxylic acids is 1. The molecule has 0 amide bonds. The van der Waals surface area contributed by atoms with Gasteiger partial charge in [0.15, 0.2) is 0 Å². The smallest absolute Gasteiger partial charge is 0.319 e. The van der Waals surface area contributed by atoms with Crippen molar-refractivity contribution < 1.29 is 14.3 Å². The lowest BCUT2D eigenvalue weighted by Gasteiger charge is -2.09. The van der Waals surface area contributed by atoms with Crippen LogP contribution in [0.4, 0.5) is 0 Å². The zero-order valence-electron chi connectivity index (χ0n) is 10.6. The van der Waals surface area contributed by atoms with Crippen molar-refractivity contribution in [1.29, 1.82) is 0 Å². The van der Waals surface area contributed by atoms with E-state index in [9.17, 15) is 4.79 Å². The second-order valence-electron chi connectivity index (χ2n) is 3.71. The molecule has 0 aromatic heterocycles. The fourth-order valence-corrected chi connectivity index (χ4v) is 1.52. The number of ether oxygens (including phenoxy) is 2. The Morgan fingerprint density at radius 1 is 1.41 bits per heavy atom. The van der Waals surface area contributed by atoms with Crippen LogP contribution in [0, 0.1) is 6.92 Å². The first-order chi connectivity index (χ1) is 8.17. The maximum Gasteiger partial charge on any atom is 0.319 e. The van der Waals surface area contributed by atoms with E-state index in [1.807, 2.05) is 26.0 Å². The summed E-state index contributed by atoms with van der Waals surface area (Å²) in [6.45, 7) is 5.51. The molecule has 1 aromatic carbocycles. The van der Waals surface area contributed by atoms with Crippen LogP contribution in [-0.2, 0) is 16.1 Å². The van der Waals surface area contributed by atoms with Gasteiger partial charge in [-0.05, 0) is 31.0 Å². The number of hydrogen-bond acceptors (Lipinski definition) is 4. The van der Waals surface area contributed by atoms with E-state index in [0.717, 1.165) is 16.9 Å². The van der Waals surface area contributed by atoms with Crippen LogP contribution < -0.4 is 10.1 Å². The molecule has 4 nitrogen and oxygen atoms in total. The van der Waals surface area contributed by atoms with Gasteiger partial charge in [0.25, 0.3) is 0 Å². The summed E-state index contributed by atoms with van der Waals surface area (Å²) in [7, 11) is 1.38. The van der Waals surface area contributed by atoms with E-state index < -0.39 is 0 Å². The second-order valence-corrected chi connectivity index (χ2v) is 3.71. The van der Waals surface area contributed by atoms with E-state index in [1.54, 1.807) is 0 Å². The van der Waals surface area contributed by atoms with E-state index in [2.05, 4.69) is 16.1 Å². The molecule has 4 heteroatoms. The number of carbonyl (C=O) groups is 1. The Balaban J connectivity index is 2.50. The van der Waals surface area contributed by atoms with Gasteiger partial charge in [0.2, 0.25) is 0 Å². The van der Waals surface area contributed by atoms with E-state index >= 15 is 0 Å². The lowest BCUT2D eigenvalue weighted by atomic mass is 10.1. The summed E-state index contributed by atoms with van der Waals surface area (Å²) in [5.41, 5.74) is 2.22. The summed E-state index contributed by atoms with van der Waals surface area (Å²) in [6.07, 6.45) is 0. The van der Waals surface area contributed by atoms with Crippen LogP contribution in [0.2, 0.25) is 0 Å². The van der Waals surface area contributed by atoms with Crippen LogP contribution in [0.15, 0.2) is 18.2 Å². The molecule has 94 valence electrons. The van der Waals surface area contributed by atoms with Crippen molar-refractivity contribution in [2.24, 2.45) is 0 Å². The summed E-state index contributed by atoms with van der Waals surface area (Å²) in [6, 6.07) is 5.99. The maximum atomic E-state index is 10.9. The van der Waals surface area contributed by atoms with Gasteiger partial charge in [0, 0.05) is 6.54 Å². The molecule has 0 saturated heterocycles. The molecular weight excluding hydrogens is 218 g/mol. The third-order valence-electron chi connectivity index (χ3n) is 2.37. The monoisotopic (exact) mass is 237 g/mol. The summed E-state index contributed by atoms with van der Waals surface area (Å²) in [5.74, 6) is 0.650. The van der Waals surface area contributed by atoms with Gasteiger partial charge >= 0.3 is 5.97 Å². The first kappa shape index (κ1) is 13.5. The summed E-state index contributed by atoms with van der Waals surface area (Å²) in [5, 5.41) is 3.02. The Labute approximate surface area is 102 Å². The quantitative estimate of drug-likeness (QED) is 0.764. The maximum absolute atomic E-state index is 10.9. The number of methoxy groups -OCH3 is 1. The molecule has 0 atom stereocenters. The van der Waals surface area contributed by atoms with Crippen molar-refractivity contribution in [3.05, 3.63) is 29.3 Å². The standard InChI is InChI=1S/C13H19NO3/c1-4-17-12-6-5-11(7-10(12)2)8-14-9-13(15)16-3/h5-7,14H,4,8-9H2,1-3H3. The Morgan fingerprint density at radius 3 is 2.76 bits per heavy atom. The molecule has 0 aliphatic heterocycles. The lowest BCUT2D eigenvalue weighted by molar-refractivity contribution is -0.139. The Morgan fingerprint density at radius 2 is 2.18 bits per heavy atom. The normalized spacial score (nSPS) is 10.1. The summed E-state index contributed by atoms with van der Waals surface area (Å²) in [4.78, 5) is 10.9. The molecule has 0 saturated carbocycles. The Kier molecular flexibility index (Phi) is 5.49. The predicted octanol–water partition coefficient (Wildman–Crippen LogP) is 1.66. The molecule has 0 unspecified atom stereocenters. The van der Waals surface area contributed by atoms with E-state index in [0.29, 0.717) is 13.2 Å². The topological polar surface area (TPSA) is 47.6 Å². The van der Waals surface area contributed by atoms with Gasteiger partial charge in [-0.25, -0.2) is 0 Å². The minimum atomic E-state index is -0.257. The van der Waals surface area contributed by atoms with E-state index in [-0.39, 0.29) is 12.5 Å². The predicted molar refractivity (Wildman–Crippen MR) is 66.1 cm³/mol. The first-order valence-corrected chi connectivity index (χ1v) is 5.67. The van der Waals surface area contributed by atoms with Gasteiger partial charge in [0.1, 0.15) is 5.75 Å². The fraction of sp³-hybridized carbons (Fsp3) is 0.462.